The lowest BCUT2D eigenvalue weighted by Gasteiger charge is -2.38. The van der Waals surface area contributed by atoms with Crippen LogP contribution in [0.4, 0.5) is 0 Å². The first kappa shape index (κ1) is 8.16. The summed E-state index contributed by atoms with van der Waals surface area (Å²) in [6.07, 6.45) is 0. The Morgan fingerprint density at radius 2 is 2.50 bits per heavy atom. The van der Waals surface area contributed by atoms with E-state index in [1.165, 1.54) is 0 Å². The molecule has 0 saturated carbocycles. The van der Waals surface area contributed by atoms with Crippen LogP contribution in [0.3, 0.4) is 0 Å². The minimum absolute atomic E-state index is 0.135. The smallest absolute Gasteiger partial charge is 0.0897 e. The first-order chi connectivity index (χ1) is 5.77. The summed E-state index contributed by atoms with van der Waals surface area (Å²) < 4.78 is 5.10. The van der Waals surface area contributed by atoms with Crippen LogP contribution in [0.25, 0.3) is 0 Å². The molecule has 0 amide bonds. The van der Waals surface area contributed by atoms with Crippen LogP contribution in [0, 0.1) is 6.92 Å². The monoisotopic (exact) mass is 185 g/mol. The first-order valence-corrected chi connectivity index (χ1v) is 4.76. The number of hydrogen-bond donors (Lipinski definition) is 1. The van der Waals surface area contributed by atoms with E-state index in [4.69, 9.17) is 4.74 Å². The highest BCUT2D eigenvalue weighted by atomic mass is 32.1. The van der Waals surface area contributed by atoms with Gasteiger partial charge in [-0.1, -0.05) is 0 Å². The molecule has 4 heteroatoms. The second-order valence-electron chi connectivity index (χ2n) is 3.18. The third-order valence-electron chi connectivity index (χ3n) is 2.22. The van der Waals surface area contributed by atoms with Gasteiger partial charge in [0.1, 0.15) is 0 Å². The number of ether oxygens (including phenoxy) is 1. The fraction of sp³-hybridized carbons (Fsp3) is 0.625. The molecule has 0 atom stereocenters. The van der Waals surface area contributed by atoms with Crippen molar-refractivity contribution in [2.75, 3.05) is 19.8 Å². The Hall–Kier alpha value is -0.450. The average molecular weight is 185 g/mol. The Balaban J connectivity index is 2.27. The molecule has 3 nitrogen and oxygen atoms in total. The fourth-order valence-electron chi connectivity index (χ4n) is 1.28. The van der Waals surface area contributed by atoms with E-state index in [2.05, 4.69) is 4.98 Å². The number of hydrogen-bond acceptors (Lipinski definition) is 4. The lowest BCUT2D eigenvalue weighted by atomic mass is 9.84. The van der Waals surface area contributed by atoms with E-state index in [0.29, 0.717) is 13.2 Å². The minimum atomic E-state index is -0.190. The van der Waals surface area contributed by atoms with Crippen LogP contribution in [0.15, 0.2) is 5.38 Å². The van der Waals surface area contributed by atoms with Crippen LogP contribution in [0.5, 0.6) is 0 Å². The number of thiazole rings is 1. The van der Waals surface area contributed by atoms with Crippen molar-refractivity contribution >= 4 is 11.3 Å². The van der Waals surface area contributed by atoms with E-state index in [1.807, 2.05) is 12.3 Å². The van der Waals surface area contributed by atoms with Crippen LogP contribution in [0.2, 0.25) is 0 Å². The van der Waals surface area contributed by atoms with Gasteiger partial charge < -0.3 is 9.84 Å². The molecule has 0 radical (unpaired) electrons. The van der Waals surface area contributed by atoms with Crippen molar-refractivity contribution in [3.63, 3.8) is 0 Å². The van der Waals surface area contributed by atoms with E-state index in [-0.39, 0.29) is 12.0 Å². The van der Waals surface area contributed by atoms with Crippen LogP contribution >= 0.6 is 11.3 Å². The molecule has 0 aromatic carbocycles. The summed E-state index contributed by atoms with van der Waals surface area (Å²) >= 11 is 1.62. The van der Waals surface area contributed by atoms with Gasteiger partial charge in [0.05, 0.1) is 35.9 Å². The summed E-state index contributed by atoms with van der Waals surface area (Å²) in [6, 6.07) is 0. The maximum absolute atomic E-state index is 9.18. The number of nitrogens with zero attached hydrogens (tertiary/aromatic N) is 1. The number of aryl methyl sites for hydroxylation is 1. The molecule has 1 aliphatic heterocycles. The lowest BCUT2D eigenvalue weighted by Crippen LogP contribution is -2.50. The zero-order chi connectivity index (χ0) is 8.60. The lowest BCUT2D eigenvalue weighted by molar-refractivity contribution is -0.0859. The van der Waals surface area contributed by atoms with Gasteiger partial charge in [0, 0.05) is 5.38 Å². The molecule has 0 aliphatic carbocycles. The molecule has 1 aliphatic rings. The number of aliphatic hydroxyl groups is 1. The number of rotatable bonds is 2. The molecule has 1 aromatic heterocycles. The predicted octanol–water partition coefficient (Wildman–Crippen LogP) is 0.712. The van der Waals surface area contributed by atoms with Gasteiger partial charge in [-0.2, -0.15) is 0 Å². The van der Waals surface area contributed by atoms with E-state index < -0.39 is 0 Å². The van der Waals surface area contributed by atoms with Crippen molar-refractivity contribution in [2.24, 2.45) is 0 Å². The van der Waals surface area contributed by atoms with Gasteiger partial charge in [0.25, 0.3) is 0 Å². The molecular formula is C8H11NO2S. The quantitative estimate of drug-likeness (QED) is 0.738. The molecule has 0 unspecified atom stereocenters. The molecule has 1 fully saturated rings. The molecule has 1 N–H and O–H groups in total. The Bertz CT molecular complexity index is 275. The molecule has 1 aromatic rings. The highest BCUT2D eigenvalue weighted by Crippen LogP contribution is 2.32. The Morgan fingerprint density at radius 3 is 2.83 bits per heavy atom. The molecule has 2 rings (SSSR count). The average Bonchev–Trinajstić information content (AvgIpc) is 2.35. The van der Waals surface area contributed by atoms with Gasteiger partial charge in [-0.25, -0.2) is 4.98 Å². The third-order valence-corrected chi connectivity index (χ3v) is 3.00. The summed E-state index contributed by atoms with van der Waals surface area (Å²) in [5.41, 5.74) is 0.795. The standard InChI is InChI=1S/C8H11NO2S/c1-6-9-7(2-12-6)8(3-10)4-11-5-8/h2,10H,3-5H2,1H3. The number of aliphatic hydroxyl groups excluding tert-OH is 1. The van der Waals surface area contributed by atoms with Crippen molar-refractivity contribution in [1.29, 1.82) is 0 Å². The topological polar surface area (TPSA) is 42.4 Å². The van der Waals surface area contributed by atoms with Gasteiger partial charge in [-0.05, 0) is 6.92 Å². The SMILES string of the molecule is Cc1nc(C2(CO)COC2)cs1. The highest BCUT2D eigenvalue weighted by molar-refractivity contribution is 7.09. The van der Waals surface area contributed by atoms with Crippen LogP contribution in [0.1, 0.15) is 10.7 Å². The molecule has 66 valence electrons. The summed E-state index contributed by atoms with van der Waals surface area (Å²) in [5.74, 6) is 0. The maximum Gasteiger partial charge on any atom is 0.0897 e. The van der Waals surface area contributed by atoms with Gasteiger partial charge in [-0.15, -0.1) is 11.3 Å². The van der Waals surface area contributed by atoms with E-state index in [9.17, 15) is 5.11 Å². The summed E-state index contributed by atoms with van der Waals surface area (Å²) in [6.45, 7) is 3.31. The normalized spacial score (nSPS) is 20.5. The van der Waals surface area contributed by atoms with Crippen LogP contribution in [-0.4, -0.2) is 29.9 Å². The Labute approximate surface area is 75.0 Å². The van der Waals surface area contributed by atoms with Crippen molar-refractivity contribution in [2.45, 2.75) is 12.3 Å². The zero-order valence-electron chi connectivity index (χ0n) is 6.91. The Kier molecular flexibility index (Phi) is 1.90. The summed E-state index contributed by atoms with van der Waals surface area (Å²) in [7, 11) is 0. The van der Waals surface area contributed by atoms with Crippen LogP contribution in [-0.2, 0) is 10.2 Å². The first-order valence-electron chi connectivity index (χ1n) is 3.88. The predicted molar refractivity (Wildman–Crippen MR) is 46.4 cm³/mol. The van der Waals surface area contributed by atoms with E-state index >= 15 is 0 Å². The summed E-state index contributed by atoms with van der Waals surface area (Å²) in [5, 5.41) is 12.2. The zero-order valence-corrected chi connectivity index (χ0v) is 7.73. The van der Waals surface area contributed by atoms with Gasteiger partial charge >= 0.3 is 0 Å². The Morgan fingerprint density at radius 1 is 1.75 bits per heavy atom. The number of aromatic nitrogens is 1. The largest absolute Gasteiger partial charge is 0.395 e. The van der Waals surface area contributed by atoms with E-state index in [0.717, 1.165) is 10.7 Å². The van der Waals surface area contributed by atoms with Gasteiger partial charge in [0.2, 0.25) is 0 Å². The maximum atomic E-state index is 9.18. The molecule has 1 saturated heterocycles. The highest BCUT2D eigenvalue weighted by Gasteiger charge is 2.41. The molecule has 0 bridgehead atoms. The van der Waals surface area contributed by atoms with Crippen molar-refractivity contribution in [3.05, 3.63) is 16.1 Å². The third kappa shape index (κ3) is 1.07. The second kappa shape index (κ2) is 2.80. The van der Waals surface area contributed by atoms with Crippen molar-refractivity contribution in [1.82, 2.24) is 4.98 Å². The molecule has 2 heterocycles. The van der Waals surface area contributed by atoms with Gasteiger partial charge in [-0.3, -0.25) is 0 Å². The van der Waals surface area contributed by atoms with Gasteiger partial charge in [0.15, 0.2) is 0 Å². The van der Waals surface area contributed by atoms with Crippen molar-refractivity contribution < 1.29 is 9.84 Å². The van der Waals surface area contributed by atoms with Crippen molar-refractivity contribution in [3.8, 4) is 0 Å². The fourth-order valence-corrected chi connectivity index (χ4v) is 2.01. The van der Waals surface area contributed by atoms with Crippen LogP contribution < -0.4 is 0 Å². The molecular weight excluding hydrogens is 174 g/mol. The molecule has 0 spiro atoms. The minimum Gasteiger partial charge on any atom is -0.395 e. The van der Waals surface area contributed by atoms with E-state index in [1.54, 1.807) is 11.3 Å². The summed E-state index contributed by atoms with van der Waals surface area (Å²) in [4.78, 5) is 4.35. The molecule has 12 heavy (non-hydrogen) atoms. The second-order valence-corrected chi connectivity index (χ2v) is 4.25.